The molecule has 2 aromatic heterocycles. The van der Waals surface area contributed by atoms with Crippen molar-refractivity contribution >= 4 is 23.6 Å². The average molecular weight is 644 g/mol. The second kappa shape index (κ2) is 14.1. The summed E-state index contributed by atoms with van der Waals surface area (Å²) in [7, 11) is 3.33. The van der Waals surface area contributed by atoms with Gasteiger partial charge < -0.3 is 24.0 Å². The van der Waals surface area contributed by atoms with E-state index in [2.05, 4.69) is 9.80 Å². The van der Waals surface area contributed by atoms with Crippen LogP contribution in [0.1, 0.15) is 27.0 Å². The van der Waals surface area contributed by atoms with Gasteiger partial charge in [-0.15, -0.1) is 0 Å². The fourth-order valence-corrected chi connectivity index (χ4v) is 6.03. The molecule has 0 N–H and O–H groups in total. The molecule has 2 aliphatic heterocycles. The molecular formula is C37H37N7O4. The molecule has 0 unspecified atom stereocenters. The fourth-order valence-electron chi connectivity index (χ4n) is 6.03. The molecule has 11 nitrogen and oxygen atoms in total. The van der Waals surface area contributed by atoms with Crippen LogP contribution < -0.4 is 24.2 Å². The number of ether oxygens (including phenoxy) is 3. The lowest BCUT2D eigenvalue weighted by Gasteiger charge is -2.28. The van der Waals surface area contributed by atoms with E-state index in [0.29, 0.717) is 75.6 Å². The third kappa shape index (κ3) is 6.63. The summed E-state index contributed by atoms with van der Waals surface area (Å²) < 4.78 is 16.3. The number of carbonyl (C=O) groups excluding carboxylic acids is 1. The van der Waals surface area contributed by atoms with Crippen molar-refractivity contribution < 1.29 is 19.0 Å². The molecule has 0 atom stereocenters. The zero-order valence-corrected chi connectivity index (χ0v) is 27.1. The summed E-state index contributed by atoms with van der Waals surface area (Å²) in [6.45, 7) is 4.24. The molecule has 244 valence electrons. The maximum absolute atomic E-state index is 13.6. The maximum Gasteiger partial charge on any atom is 0.259 e. The Kier molecular flexibility index (Phi) is 9.10. The van der Waals surface area contributed by atoms with Crippen LogP contribution in [0.25, 0.3) is 11.3 Å². The van der Waals surface area contributed by atoms with Crippen molar-refractivity contribution in [3.05, 3.63) is 114 Å². The predicted molar refractivity (Wildman–Crippen MR) is 184 cm³/mol. The highest BCUT2D eigenvalue weighted by Gasteiger charge is 2.32. The van der Waals surface area contributed by atoms with Gasteiger partial charge in [0.05, 0.1) is 33.1 Å². The number of hydrogen-bond acceptors (Lipinski definition) is 10. The van der Waals surface area contributed by atoms with Crippen molar-refractivity contribution in [1.82, 2.24) is 19.9 Å². The summed E-state index contributed by atoms with van der Waals surface area (Å²) in [4.78, 5) is 39.4. The second-order valence-electron chi connectivity index (χ2n) is 11.7. The van der Waals surface area contributed by atoms with E-state index in [0.717, 1.165) is 39.4 Å². The molecule has 3 aromatic carbocycles. The minimum Gasteiger partial charge on any atom is -0.497 e. The van der Waals surface area contributed by atoms with Crippen molar-refractivity contribution in [2.24, 2.45) is 0 Å². The van der Waals surface area contributed by atoms with Crippen LogP contribution in [0.5, 0.6) is 11.5 Å². The second-order valence-corrected chi connectivity index (χ2v) is 11.7. The van der Waals surface area contributed by atoms with Gasteiger partial charge in [-0.05, 0) is 53.9 Å². The number of benzene rings is 3. The third-order valence-corrected chi connectivity index (χ3v) is 8.63. The number of amides is 1. The van der Waals surface area contributed by atoms with Crippen molar-refractivity contribution in [2.45, 2.75) is 19.5 Å². The number of anilines is 3. The lowest BCUT2D eigenvalue weighted by atomic mass is 10.1. The smallest absolute Gasteiger partial charge is 0.259 e. The molecule has 0 saturated carbocycles. The molecule has 1 amide bonds. The standard InChI is InChI=1S/C37H37N7O4/c1-46-30-12-8-26(9-13-30)24-43(25-27-10-14-31(47-2)15-11-27)36-38-22-29(23-39-36)33-32-16-17-44(35(45)28-6-4-3-5-7-28)34(32)41-37(40-33)42-18-20-48-21-19-42/h3-15,22-23H,16-21,24-25H2,1-2H3. The van der Waals surface area contributed by atoms with Gasteiger partial charge in [0.15, 0.2) is 0 Å². The molecule has 7 rings (SSSR count). The van der Waals surface area contributed by atoms with Gasteiger partial charge in [0, 0.05) is 61.8 Å². The zero-order chi connectivity index (χ0) is 32.9. The van der Waals surface area contributed by atoms with Gasteiger partial charge >= 0.3 is 0 Å². The SMILES string of the molecule is COc1ccc(CN(Cc2ccc(OC)cc2)c2ncc(-c3nc(N4CCOCC4)nc4c3CCN4C(=O)c3ccccc3)cn2)cc1. The number of hydrogen-bond donors (Lipinski definition) is 0. The van der Waals surface area contributed by atoms with E-state index in [-0.39, 0.29) is 5.91 Å². The van der Waals surface area contributed by atoms with Crippen LogP contribution in [0.2, 0.25) is 0 Å². The van der Waals surface area contributed by atoms with Crippen molar-refractivity contribution in [1.29, 1.82) is 0 Å². The quantitative estimate of drug-likeness (QED) is 0.202. The van der Waals surface area contributed by atoms with Crippen LogP contribution in [0.4, 0.5) is 17.7 Å². The average Bonchev–Trinajstić information content (AvgIpc) is 3.59. The maximum atomic E-state index is 13.6. The molecule has 11 heteroatoms. The molecule has 48 heavy (non-hydrogen) atoms. The fraction of sp³-hybridized carbons (Fsp3) is 0.270. The number of methoxy groups -OCH3 is 2. The highest BCUT2D eigenvalue weighted by molar-refractivity contribution is 6.07. The first-order valence-corrected chi connectivity index (χ1v) is 16.0. The number of rotatable bonds is 10. The van der Waals surface area contributed by atoms with Crippen molar-refractivity contribution in [3.63, 3.8) is 0 Å². The van der Waals surface area contributed by atoms with Crippen LogP contribution >= 0.6 is 0 Å². The van der Waals surface area contributed by atoms with Crippen LogP contribution in [0, 0.1) is 0 Å². The Bertz CT molecular complexity index is 1800. The van der Waals surface area contributed by atoms with Crippen molar-refractivity contribution in [3.8, 4) is 22.8 Å². The van der Waals surface area contributed by atoms with E-state index < -0.39 is 0 Å². The molecule has 0 aliphatic carbocycles. The molecule has 0 radical (unpaired) electrons. The normalized spacial score (nSPS) is 14.0. The minimum atomic E-state index is -0.0776. The number of morpholine rings is 1. The topological polar surface area (TPSA) is 106 Å². The van der Waals surface area contributed by atoms with Crippen molar-refractivity contribution in [2.75, 3.05) is 61.8 Å². The summed E-state index contributed by atoms with van der Waals surface area (Å²) in [5.74, 6) is 3.33. The number of carbonyl (C=O) groups is 1. The van der Waals surface area contributed by atoms with E-state index in [4.69, 9.17) is 34.1 Å². The van der Waals surface area contributed by atoms with E-state index >= 15 is 0 Å². The zero-order valence-electron chi connectivity index (χ0n) is 27.1. The Balaban J connectivity index is 1.23. The van der Waals surface area contributed by atoms with Gasteiger partial charge in [-0.25, -0.2) is 15.0 Å². The van der Waals surface area contributed by atoms with Crippen LogP contribution in [0.3, 0.4) is 0 Å². The molecule has 0 bridgehead atoms. The highest BCUT2D eigenvalue weighted by Crippen LogP contribution is 2.36. The summed E-state index contributed by atoms with van der Waals surface area (Å²) in [6.07, 6.45) is 4.28. The van der Waals surface area contributed by atoms with E-state index in [1.165, 1.54) is 0 Å². The Morgan fingerprint density at radius 3 is 1.98 bits per heavy atom. The van der Waals surface area contributed by atoms with Gasteiger partial charge in [-0.2, -0.15) is 4.98 Å². The molecule has 0 spiro atoms. The van der Waals surface area contributed by atoms with Gasteiger partial charge in [0.25, 0.3) is 5.91 Å². The Labute approximate surface area is 279 Å². The van der Waals surface area contributed by atoms with Crippen LogP contribution in [-0.2, 0) is 24.2 Å². The first-order chi connectivity index (χ1) is 23.6. The molecule has 1 fully saturated rings. The summed E-state index contributed by atoms with van der Waals surface area (Å²) in [5.41, 5.74) is 5.26. The van der Waals surface area contributed by atoms with Gasteiger partial charge in [-0.3, -0.25) is 9.69 Å². The van der Waals surface area contributed by atoms with E-state index in [9.17, 15) is 4.79 Å². The lowest BCUT2D eigenvalue weighted by Crippen LogP contribution is -2.38. The van der Waals surface area contributed by atoms with Gasteiger partial charge in [-0.1, -0.05) is 42.5 Å². The first kappa shape index (κ1) is 31.1. The van der Waals surface area contributed by atoms with E-state index in [1.807, 2.05) is 91.3 Å². The molecule has 2 aliphatic rings. The lowest BCUT2D eigenvalue weighted by molar-refractivity contribution is 0.0988. The van der Waals surface area contributed by atoms with Gasteiger partial charge in [0.2, 0.25) is 11.9 Å². The monoisotopic (exact) mass is 643 g/mol. The number of fused-ring (bicyclic) bond motifs is 1. The number of nitrogens with zero attached hydrogens (tertiary/aromatic N) is 7. The third-order valence-electron chi connectivity index (χ3n) is 8.63. The summed E-state index contributed by atoms with van der Waals surface area (Å²) in [5, 5.41) is 0. The first-order valence-electron chi connectivity index (χ1n) is 16.0. The molecule has 5 aromatic rings. The number of aromatic nitrogens is 4. The van der Waals surface area contributed by atoms with Crippen LogP contribution in [-0.4, -0.2) is 72.9 Å². The molecule has 1 saturated heterocycles. The molecular weight excluding hydrogens is 606 g/mol. The van der Waals surface area contributed by atoms with E-state index in [1.54, 1.807) is 19.1 Å². The predicted octanol–water partition coefficient (Wildman–Crippen LogP) is 5.20. The Morgan fingerprint density at radius 1 is 0.792 bits per heavy atom. The summed E-state index contributed by atoms with van der Waals surface area (Å²) >= 11 is 0. The van der Waals surface area contributed by atoms with Gasteiger partial charge in [0.1, 0.15) is 17.3 Å². The molecule has 4 heterocycles. The Hall–Kier alpha value is -5.55. The minimum absolute atomic E-state index is 0.0776. The largest absolute Gasteiger partial charge is 0.497 e. The summed E-state index contributed by atoms with van der Waals surface area (Å²) in [6, 6.07) is 25.4. The highest BCUT2D eigenvalue weighted by atomic mass is 16.5. The van der Waals surface area contributed by atoms with Crippen LogP contribution in [0.15, 0.2) is 91.3 Å². The Morgan fingerprint density at radius 2 is 1.40 bits per heavy atom.